The lowest BCUT2D eigenvalue weighted by Crippen LogP contribution is -2.14. The standard InChI is InChI=1S/C22H24N4O2S/c1-5-14(2)16(12-17(23-4)18-9-7-11-28-18)22-25-13-19(29-22)26-21(27)20-15(3)8-6-10-24-20/h6-14H,5H2,1-4H3,(H,26,27)/b16-12+,23-17?. The van der Waals surface area contributed by atoms with Crippen LogP contribution in [-0.4, -0.2) is 28.6 Å². The highest BCUT2D eigenvalue weighted by atomic mass is 32.1. The minimum absolute atomic E-state index is 0.237. The predicted octanol–water partition coefficient (Wildman–Crippen LogP) is 5.24. The van der Waals surface area contributed by atoms with Crippen LogP contribution >= 0.6 is 11.3 Å². The predicted molar refractivity (Wildman–Crippen MR) is 118 cm³/mol. The minimum atomic E-state index is -0.237. The lowest BCUT2D eigenvalue weighted by Gasteiger charge is -2.12. The van der Waals surface area contributed by atoms with E-state index in [1.807, 2.05) is 37.3 Å². The van der Waals surface area contributed by atoms with E-state index in [2.05, 4.69) is 34.1 Å². The molecule has 150 valence electrons. The molecular formula is C22H24N4O2S. The Labute approximate surface area is 174 Å². The Kier molecular flexibility index (Phi) is 6.72. The van der Waals surface area contributed by atoms with Crippen molar-refractivity contribution < 1.29 is 9.21 Å². The molecule has 0 aliphatic heterocycles. The van der Waals surface area contributed by atoms with Crippen molar-refractivity contribution in [3.63, 3.8) is 0 Å². The molecule has 7 heteroatoms. The molecule has 29 heavy (non-hydrogen) atoms. The van der Waals surface area contributed by atoms with Crippen LogP contribution in [0.4, 0.5) is 5.00 Å². The van der Waals surface area contributed by atoms with Gasteiger partial charge in [0.1, 0.15) is 21.4 Å². The van der Waals surface area contributed by atoms with Gasteiger partial charge in [-0.15, -0.1) is 0 Å². The third-order valence-electron chi connectivity index (χ3n) is 4.66. The Morgan fingerprint density at radius 3 is 2.83 bits per heavy atom. The van der Waals surface area contributed by atoms with Crippen LogP contribution in [0.3, 0.4) is 0 Å². The van der Waals surface area contributed by atoms with E-state index in [0.717, 1.165) is 28.3 Å². The van der Waals surface area contributed by atoms with Crippen molar-refractivity contribution in [1.82, 2.24) is 9.97 Å². The zero-order valence-electron chi connectivity index (χ0n) is 17.0. The molecule has 1 N–H and O–H groups in total. The topological polar surface area (TPSA) is 80.4 Å². The molecule has 6 nitrogen and oxygen atoms in total. The molecule has 0 aliphatic rings. The average molecular weight is 409 g/mol. The smallest absolute Gasteiger partial charge is 0.275 e. The molecule has 0 saturated heterocycles. The van der Waals surface area contributed by atoms with E-state index in [0.29, 0.717) is 16.5 Å². The van der Waals surface area contributed by atoms with Crippen molar-refractivity contribution in [1.29, 1.82) is 0 Å². The van der Waals surface area contributed by atoms with Crippen LogP contribution in [0.5, 0.6) is 0 Å². The molecular weight excluding hydrogens is 384 g/mol. The highest BCUT2D eigenvalue weighted by molar-refractivity contribution is 7.16. The second-order valence-electron chi connectivity index (χ2n) is 6.65. The molecule has 0 spiro atoms. The molecule has 0 aliphatic carbocycles. The van der Waals surface area contributed by atoms with E-state index in [-0.39, 0.29) is 11.8 Å². The van der Waals surface area contributed by atoms with E-state index in [1.165, 1.54) is 11.3 Å². The lowest BCUT2D eigenvalue weighted by molar-refractivity contribution is 0.102. The van der Waals surface area contributed by atoms with Crippen molar-refractivity contribution in [3.05, 3.63) is 71.0 Å². The molecule has 1 atom stereocenters. The Bertz CT molecular complexity index is 1030. The first-order valence-electron chi connectivity index (χ1n) is 9.44. The number of pyridine rings is 1. The van der Waals surface area contributed by atoms with Gasteiger partial charge in [-0.05, 0) is 54.7 Å². The Morgan fingerprint density at radius 1 is 1.34 bits per heavy atom. The van der Waals surface area contributed by atoms with Crippen molar-refractivity contribution >= 4 is 33.5 Å². The van der Waals surface area contributed by atoms with Gasteiger partial charge in [0.05, 0.1) is 12.5 Å². The quantitative estimate of drug-likeness (QED) is 0.542. The fourth-order valence-corrected chi connectivity index (χ4v) is 3.75. The van der Waals surface area contributed by atoms with Crippen LogP contribution in [-0.2, 0) is 0 Å². The average Bonchev–Trinajstić information content (AvgIpc) is 3.41. The van der Waals surface area contributed by atoms with Gasteiger partial charge in [0.25, 0.3) is 5.91 Å². The number of hydrogen-bond acceptors (Lipinski definition) is 6. The van der Waals surface area contributed by atoms with Crippen molar-refractivity contribution in [2.45, 2.75) is 27.2 Å². The van der Waals surface area contributed by atoms with Crippen molar-refractivity contribution in [3.8, 4) is 0 Å². The third-order valence-corrected chi connectivity index (χ3v) is 5.63. The Morgan fingerprint density at radius 2 is 2.17 bits per heavy atom. The van der Waals surface area contributed by atoms with Gasteiger partial charge in [-0.2, -0.15) is 0 Å². The van der Waals surface area contributed by atoms with Gasteiger partial charge in [-0.3, -0.25) is 14.8 Å². The first-order valence-corrected chi connectivity index (χ1v) is 10.3. The molecule has 0 bridgehead atoms. The van der Waals surface area contributed by atoms with E-state index in [9.17, 15) is 4.79 Å². The molecule has 0 radical (unpaired) electrons. The Balaban J connectivity index is 1.87. The summed E-state index contributed by atoms with van der Waals surface area (Å²) in [6.07, 6.45) is 7.90. The van der Waals surface area contributed by atoms with Gasteiger partial charge in [-0.1, -0.05) is 31.3 Å². The van der Waals surface area contributed by atoms with Gasteiger partial charge in [0.2, 0.25) is 0 Å². The van der Waals surface area contributed by atoms with Gasteiger partial charge in [0.15, 0.2) is 5.76 Å². The summed E-state index contributed by atoms with van der Waals surface area (Å²) in [6, 6.07) is 7.40. The number of aromatic nitrogens is 2. The fourth-order valence-electron chi connectivity index (χ4n) is 2.81. The van der Waals surface area contributed by atoms with Crippen LogP contribution in [0.2, 0.25) is 0 Å². The second kappa shape index (κ2) is 9.43. The number of nitrogens with zero attached hydrogens (tertiary/aromatic N) is 3. The molecule has 3 rings (SSSR count). The first-order chi connectivity index (χ1) is 14.0. The van der Waals surface area contributed by atoms with Crippen molar-refractivity contribution in [2.75, 3.05) is 12.4 Å². The second-order valence-corrected chi connectivity index (χ2v) is 7.68. The van der Waals surface area contributed by atoms with Crippen LogP contribution < -0.4 is 5.32 Å². The zero-order valence-corrected chi connectivity index (χ0v) is 17.8. The number of nitrogens with one attached hydrogen (secondary N) is 1. The van der Waals surface area contributed by atoms with Gasteiger partial charge >= 0.3 is 0 Å². The van der Waals surface area contributed by atoms with E-state index >= 15 is 0 Å². The molecule has 1 amide bonds. The number of rotatable bonds is 7. The first kappa shape index (κ1) is 20.7. The number of amides is 1. The van der Waals surface area contributed by atoms with Gasteiger partial charge < -0.3 is 9.73 Å². The van der Waals surface area contributed by atoms with Gasteiger partial charge in [-0.25, -0.2) is 4.98 Å². The maximum atomic E-state index is 12.5. The van der Waals surface area contributed by atoms with Crippen molar-refractivity contribution in [2.24, 2.45) is 10.9 Å². The molecule has 0 fully saturated rings. The molecule has 0 aromatic carbocycles. The maximum absolute atomic E-state index is 12.5. The third kappa shape index (κ3) is 4.86. The number of aliphatic imine (C=N–C) groups is 1. The summed E-state index contributed by atoms with van der Waals surface area (Å²) in [7, 11) is 1.74. The van der Waals surface area contributed by atoms with Gasteiger partial charge in [0, 0.05) is 13.2 Å². The summed E-state index contributed by atoms with van der Waals surface area (Å²) >= 11 is 1.44. The number of carbonyl (C=O) groups is 1. The van der Waals surface area contributed by atoms with Crippen LogP contribution in [0.25, 0.3) is 5.57 Å². The van der Waals surface area contributed by atoms with Crippen LogP contribution in [0.1, 0.15) is 47.1 Å². The van der Waals surface area contributed by atoms with E-state index in [1.54, 1.807) is 25.7 Å². The number of allylic oxidation sites excluding steroid dienone is 2. The number of furan rings is 1. The minimum Gasteiger partial charge on any atom is -0.463 e. The molecule has 3 heterocycles. The molecule has 0 saturated carbocycles. The lowest BCUT2D eigenvalue weighted by atomic mass is 9.97. The van der Waals surface area contributed by atoms with Crippen LogP contribution in [0, 0.1) is 12.8 Å². The summed E-state index contributed by atoms with van der Waals surface area (Å²) in [4.78, 5) is 25.6. The summed E-state index contributed by atoms with van der Waals surface area (Å²) in [5.74, 6) is 0.747. The largest absolute Gasteiger partial charge is 0.463 e. The zero-order chi connectivity index (χ0) is 20.8. The highest BCUT2D eigenvalue weighted by Crippen LogP contribution is 2.32. The summed E-state index contributed by atoms with van der Waals surface area (Å²) in [6.45, 7) is 6.15. The number of thiazole rings is 1. The number of aryl methyl sites for hydroxylation is 1. The number of carbonyl (C=O) groups excluding carboxylic acids is 1. The van der Waals surface area contributed by atoms with E-state index < -0.39 is 0 Å². The monoisotopic (exact) mass is 408 g/mol. The normalized spacial score (nSPS) is 13.4. The summed E-state index contributed by atoms with van der Waals surface area (Å²) < 4.78 is 5.50. The SMILES string of the molecule is CCC(C)/C(=C\C(=NC)c1ccco1)c1ncc(NC(=O)c2ncccc2C)s1. The fraction of sp³-hybridized carbons (Fsp3) is 0.273. The molecule has 3 aromatic rings. The summed E-state index contributed by atoms with van der Waals surface area (Å²) in [5, 5.41) is 4.43. The van der Waals surface area contributed by atoms with Crippen LogP contribution in [0.15, 0.2) is 58.4 Å². The summed E-state index contributed by atoms with van der Waals surface area (Å²) in [5.41, 5.74) is 3.06. The number of hydrogen-bond donors (Lipinski definition) is 1. The maximum Gasteiger partial charge on any atom is 0.275 e. The Hall–Kier alpha value is -3.06. The molecule has 3 aromatic heterocycles. The number of anilines is 1. The van der Waals surface area contributed by atoms with E-state index in [4.69, 9.17) is 4.42 Å². The molecule has 1 unspecified atom stereocenters. The highest BCUT2D eigenvalue weighted by Gasteiger charge is 2.18.